The summed E-state index contributed by atoms with van der Waals surface area (Å²) in [6.45, 7) is 2.20. The van der Waals surface area contributed by atoms with Crippen molar-refractivity contribution >= 4 is 11.7 Å². The molecule has 0 radical (unpaired) electrons. The topological polar surface area (TPSA) is 129 Å². The van der Waals surface area contributed by atoms with Crippen molar-refractivity contribution in [1.29, 1.82) is 0 Å². The van der Waals surface area contributed by atoms with Crippen molar-refractivity contribution in [2.24, 2.45) is 10.9 Å². The zero-order valence-corrected chi connectivity index (χ0v) is 8.54. The number of hydrogen-bond acceptors (Lipinski definition) is 6. The predicted octanol–water partition coefficient (Wildman–Crippen LogP) is -1.57. The fourth-order valence-corrected chi connectivity index (χ4v) is 0.811. The molecule has 0 saturated heterocycles. The first-order valence-corrected chi connectivity index (χ1v) is 4.31. The molecule has 1 aromatic heterocycles. The lowest BCUT2D eigenvalue weighted by molar-refractivity contribution is 0.203. The maximum absolute atomic E-state index is 10.5. The molecule has 2 rings (SSSR count). The first kappa shape index (κ1) is 11.8. The molecule has 4 N–H and O–H groups in total. The van der Waals surface area contributed by atoms with Crippen LogP contribution in [0.15, 0.2) is 22.2 Å². The molecule has 0 saturated carbocycles. The second-order valence-electron chi connectivity index (χ2n) is 2.90. The number of amides is 2. The van der Waals surface area contributed by atoms with E-state index in [1.54, 1.807) is 6.92 Å². The van der Waals surface area contributed by atoms with Crippen LogP contribution in [0.1, 0.15) is 6.92 Å². The van der Waals surface area contributed by atoms with E-state index in [0.717, 1.165) is 10.7 Å². The van der Waals surface area contributed by atoms with E-state index >= 15 is 0 Å². The van der Waals surface area contributed by atoms with E-state index in [1.807, 2.05) is 0 Å². The number of hydrazine groups is 1. The molecular formula is C7H11N7O2. The lowest BCUT2D eigenvalue weighted by Gasteiger charge is -2.19. The molecule has 0 aromatic carbocycles. The van der Waals surface area contributed by atoms with Gasteiger partial charge >= 0.3 is 6.03 Å². The maximum atomic E-state index is 10.5. The summed E-state index contributed by atoms with van der Waals surface area (Å²) < 4.78 is 0. The number of aromatic amines is 1. The summed E-state index contributed by atoms with van der Waals surface area (Å²) in [5.41, 5.74) is 2.81. The molecule has 16 heavy (non-hydrogen) atoms. The Labute approximate surface area is 90.3 Å². The molecule has 0 bridgehead atoms. The Kier molecular flexibility index (Phi) is 4.09. The molecule has 2 amide bonds. The summed E-state index contributed by atoms with van der Waals surface area (Å²) in [6, 6.07) is 0.938. The third-order valence-corrected chi connectivity index (χ3v) is 1.51. The van der Waals surface area contributed by atoms with Gasteiger partial charge < -0.3 is 0 Å². The number of rotatable bonds is 0. The van der Waals surface area contributed by atoms with Crippen LogP contribution in [0.25, 0.3) is 0 Å². The van der Waals surface area contributed by atoms with Crippen molar-refractivity contribution in [3.63, 3.8) is 0 Å². The largest absolute Gasteiger partial charge is 0.352 e. The van der Waals surface area contributed by atoms with Crippen LogP contribution >= 0.6 is 0 Å². The number of hydrazone groups is 1. The number of H-pyrrole nitrogens is 1. The molecule has 0 unspecified atom stereocenters. The van der Waals surface area contributed by atoms with Crippen LogP contribution in [0.3, 0.4) is 0 Å². The minimum absolute atomic E-state index is 0.227. The van der Waals surface area contributed by atoms with Crippen LogP contribution < -0.4 is 16.8 Å². The third-order valence-electron chi connectivity index (χ3n) is 1.51. The van der Waals surface area contributed by atoms with Crippen molar-refractivity contribution < 1.29 is 4.79 Å². The number of carbonyl (C=O) groups is 1. The van der Waals surface area contributed by atoms with Gasteiger partial charge in [0.1, 0.15) is 0 Å². The van der Waals surface area contributed by atoms with E-state index in [2.05, 4.69) is 25.9 Å². The Morgan fingerprint density at radius 2 is 2.25 bits per heavy atom. The number of urea groups is 1. The summed E-state index contributed by atoms with van der Waals surface area (Å²) in [5.74, 6) is 5.21. The van der Waals surface area contributed by atoms with E-state index in [4.69, 9.17) is 5.84 Å². The normalized spacial score (nSPS) is 14.5. The van der Waals surface area contributed by atoms with E-state index in [1.165, 1.54) is 12.3 Å². The first-order valence-electron chi connectivity index (χ1n) is 4.31. The van der Waals surface area contributed by atoms with Crippen LogP contribution in [0, 0.1) is 0 Å². The standard InChI is InChI=1S/C4H8N4O.C3H3N3O/c1-3-2-8(5)4(9)7-6-3;7-3-1-2-4-6-5-3/h2,5H2,1H3,(H,7,9);1-2H,(H,4,5,7). The molecule has 9 nitrogen and oxygen atoms in total. The average molecular weight is 225 g/mol. The van der Waals surface area contributed by atoms with Crippen LogP contribution in [0.5, 0.6) is 0 Å². The molecular weight excluding hydrogens is 214 g/mol. The molecule has 9 heteroatoms. The minimum Gasteiger partial charge on any atom is -0.268 e. The predicted molar refractivity (Wildman–Crippen MR) is 55.2 cm³/mol. The molecule has 1 aliphatic heterocycles. The zero-order valence-electron chi connectivity index (χ0n) is 8.54. The van der Waals surface area contributed by atoms with Gasteiger partial charge in [-0.15, -0.1) is 5.10 Å². The molecule has 86 valence electrons. The highest BCUT2D eigenvalue weighted by Crippen LogP contribution is 1.88. The molecule has 1 aliphatic rings. The van der Waals surface area contributed by atoms with Gasteiger partial charge in [-0.05, 0) is 6.92 Å². The molecule has 0 spiro atoms. The highest BCUT2D eigenvalue weighted by Gasteiger charge is 2.13. The highest BCUT2D eigenvalue weighted by molar-refractivity contribution is 5.91. The van der Waals surface area contributed by atoms with Gasteiger partial charge in [-0.2, -0.15) is 5.10 Å². The van der Waals surface area contributed by atoms with Crippen LogP contribution in [0.2, 0.25) is 0 Å². The Balaban J connectivity index is 0.000000165. The monoisotopic (exact) mass is 225 g/mol. The molecule has 0 fully saturated rings. The first-order chi connectivity index (χ1) is 7.59. The maximum Gasteiger partial charge on any atom is 0.352 e. The van der Waals surface area contributed by atoms with E-state index in [-0.39, 0.29) is 11.6 Å². The van der Waals surface area contributed by atoms with Crippen molar-refractivity contribution in [2.45, 2.75) is 6.92 Å². The van der Waals surface area contributed by atoms with Gasteiger partial charge in [0.25, 0.3) is 5.56 Å². The van der Waals surface area contributed by atoms with Crippen LogP contribution in [-0.4, -0.2) is 38.7 Å². The second kappa shape index (κ2) is 5.56. The lowest BCUT2D eigenvalue weighted by atomic mass is 10.4. The Hall–Kier alpha value is -2.29. The quantitative estimate of drug-likeness (QED) is 0.362. The van der Waals surface area contributed by atoms with Crippen molar-refractivity contribution in [3.05, 3.63) is 22.6 Å². The third kappa shape index (κ3) is 3.84. The number of aromatic nitrogens is 3. The van der Waals surface area contributed by atoms with Gasteiger partial charge in [0.05, 0.1) is 18.5 Å². The summed E-state index contributed by atoms with van der Waals surface area (Å²) in [5, 5.41) is 13.4. The van der Waals surface area contributed by atoms with E-state index < -0.39 is 0 Å². The highest BCUT2D eigenvalue weighted by atomic mass is 16.2. The Bertz CT molecular complexity index is 423. The van der Waals surface area contributed by atoms with Crippen LogP contribution in [0.4, 0.5) is 4.79 Å². The van der Waals surface area contributed by atoms with Gasteiger partial charge in [0, 0.05) is 6.07 Å². The number of nitrogens with one attached hydrogen (secondary N) is 2. The SMILES string of the molecule is CC1=NNC(=O)N(N)C1.O=c1ccnn[nH]1. The van der Waals surface area contributed by atoms with Crippen molar-refractivity contribution in [1.82, 2.24) is 25.8 Å². The second-order valence-corrected chi connectivity index (χ2v) is 2.90. The molecule has 0 aliphatic carbocycles. The summed E-state index contributed by atoms with van der Waals surface area (Å²) in [4.78, 5) is 20.6. The zero-order chi connectivity index (χ0) is 12.0. The van der Waals surface area contributed by atoms with Gasteiger partial charge in [-0.25, -0.2) is 21.2 Å². The Morgan fingerprint density at radius 1 is 1.50 bits per heavy atom. The molecule has 1 aromatic rings. The van der Waals surface area contributed by atoms with Gasteiger partial charge in [0.15, 0.2) is 0 Å². The lowest BCUT2D eigenvalue weighted by Crippen LogP contribution is -2.49. The van der Waals surface area contributed by atoms with Gasteiger partial charge in [0.2, 0.25) is 0 Å². The van der Waals surface area contributed by atoms with E-state index in [9.17, 15) is 9.59 Å². The van der Waals surface area contributed by atoms with Crippen molar-refractivity contribution in [3.8, 4) is 0 Å². The fourth-order valence-electron chi connectivity index (χ4n) is 0.811. The fraction of sp³-hybridized carbons (Fsp3) is 0.286. The van der Waals surface area contributed by atoms with E-state index in [0.29, 0.717) is 6.54 Å². The number of nitrogens with two attached hydrogens (primary N) is 1. The smallest absolute Gasteiger partial charge is 0.268 e. The summed E-state index contributed by atoms with van der Waals surface area (Å²) >= 11 is 0. The average Bonchev–Trinajstić information content (AvgIpc) is 2.26. The molecule has 0 atom stereocenters. The van der Waals surface area contributed by atoms with Crippen LogP contribution in [-0.2, 0) is 0 Å². The van der Waals surface area contributed by atoms with Crippen molar-refractivity contribution in [2.75, 3.05) is 6.54 Å². The minimum atomic E-state index is -0.361. The number of nitrogens with zero attached hydrogens (tertiary/aromatic N) is 4. The van der Waals surface area contributed by atoms with Gasteiger partial charge in [-0.1, -0.05) is 5.21 Å². The molecule has 2 heterocycles. The number of hydrogen-bond donors (Lipinski definition) is 3. The summed E-state index contributed by atoms with van der Waals surface area (Å²) in [7, 11) is 0. The summed E-state index contributed by atoms with van der Waals surface area (Å²) in [6.07, 6.45) is 1.33. The Morgan fingerprint density at radius 3 is 2.62 bits per heavy atom. The van der Waals surface area contributed by atoms with Gasteiger partial charge in [-0.3, -0.25) is 9.80 Å². The number of carbonyl (C=O) groups excluding carboxylic acids is 1.